The van der Waals surface area contributed by atoms with Crippen LogP contribution in [-0.4, -0.2) is 87.9 Å². The Morgan fingerprint density at radius 2 is 1.67 bits per heavy atom. The number of anilines is 1. The lowest BCUT2D eigenvalue weighted by Gasteiger charge is -2.52. The monoisotopic (exact) mass is 618 g/mol. The predicted molar refractivity (Wildman–Crippen MR) is 163 cm³/mol. The van der Waals surface area contributed by atoms with Crippen molar-refractivity contribution in [3.63, 3.8) is 0 Å². The number of nitrogens with two attached hydrogens (primary N) is 1. The van der Waals surface area contributed by atoms with Crippen molar-refractivity contribution in [1.82, 2.24) is 10.2 Å². The number of fused-ring (bicyclic) bond motifs is 3. The third-order valence-electron chi connectivity index (χ3n) is 9.20. The first kappa shape index (κ1) is 32.1. The number of carbonyl (C=O) groups excluding carboxylic acids is 6. The van der Waals surface area contributed by atoms with Crippen LogP contribution in [0, 0.1) is 23.7 Å². The fourth-order valence-corrected chi connectivity index (χ4v) is 7.16. The first-order valence-corrected chi connectivity index (χ1v) is 14.8. The number of likely N-dealkylation sites (N-methyl/N-ethyl adjacent to an activating group) is 1. The van der Waals surface area contributed by atoms with Gasteiger partial charge in [0.2, 0.25) is 11.8 Å². The van der Waals surface area contributed by atoms with Crippen LogP contribution in [-0.2, 0) is 30.4 Å². The molecular weight excluding hydrogens is 580 g/mol. The van der Waals surface area contributed by atoms with Crippen LogP contribution in [0.1, 0.15) is 43.1 Å². The summed E-state index contributed by atoms with van der Waals surface area (Å²) in [6.45, 7) is 6.00. The average Bonchev–Trinajstić information content (AvgIpc) is 2.94. The normalized spacial score (nSPS) is 27.9. The number of nitrogens with zero attached hydrogens (tertiary/aromatic N) is 1. The molecular formula is C33H38N4O8. The third-order valence-corrected chi connectivity index (χ3v) is 9.20. The Balaban J connectivity index is 1.50. The van der Waals surface area contributed by atoms with Crippen molar-refractivity contribution in [3.8, 4) is 16.9 Å². The summed E-state index contributed by atoms with van der Waals surface area (Å²) in [7, 11) is 3.08. The number of primary amides is 1. The topological polar surface area (TPSA) is 196 Å². The van der Waals surface area contributed by atoms with Gasteiger partial charge in [-0.25, -0.2) is 0 Å². The highest BCUT2D eigenvalue weighted by Gasteiger charge is 2.69. The van der Waals surface area contributed by atoms with Crippen molar-refractivity contribution in [2.45, 2.75) is 50.8 Å². The van der Waals surface area contributed by atoms with E-state index in [0.29, 0.717) is 22.4 Å². The fourth-order valence-electron chi connectivity index (χ4n) is 7.16. The Labute approximate surface area is 260 Å². The van der Waals surface area contributed by atoms with Gasteiger partial charge in [0.05, 0.1) is 24.1 Å². The Kier molecular flexibility index (Phi) is 8.05. The molecule has 0 radical (unpaired) electrons. The molecule has 0 aromatic heterocycles. The molecule has 6 atom stereocenters. The van der Waals surface area contributed by atoms with Gasteiger partial charge in [-0.05, 0) is 88.5 Å². The Morgan fingerprint density at radius 1 is 1.02 bits per heavy atom. The van der Waals surface area contributed by atoms with E-state index in [-0.39, 0.29) is 42.1 Å². The van der Waals surface area contributed by atoms with E-state index in [1.54, 1.807) is 30.3 Å². The van der Waals surface area contributed by atoms with Crippen molar-refractivity contribution >= 4 is 40.6 Å². The lowest BCUT2D eigenvalue weighted by Crippen LogP contribution is -2.74. The highest BCUT2D eigenvalue weighted by Crippen LogP contribution is 2.51. The number of aliphatic hydroxyl groups is 1. The van der Waals surface area contributed by atoms with Gasteiger partial charge in [-0.15, -0.1) is 0 Å². The minimum absolute atomic E-state index is 0.0352. The fraction of sp³-hybridized carbons (Fsp3) is 0.455. The van der Waals surface area contributed by atoms with Crippen molar-refractivity contribution in [2.24, 2.45) is 29.4 Å². The first-order chi connectivity index (χ1) is 21.0. The lowest BCUT2D eigenvalue weighted by molar-refractivity contribution is -0.181. The second-order valence-corrected chi connectivity index (χ2v) is 13.5. The van der Waals surface area contributed by atoms with Crippen LogP contribution in [0.2, 0.25) is 0 Å². The smallest absolute Gasteiger partial charge is 0.238 e. The molecule has 0 aliphatic heterocycles. The molecule has 5 rings (SSSR count). The molecule has 2 amide bonds. The lowest BCUT2D eigenvalue weighted by atomic mass is 9.52. The highest BCUT2D eigenvalue weighted by molar-refractivity contribution is 6.32. The number of Topliss-reactive ketones (excluding diaryl/α,β-unsaturated/α-hetero) is 4. The van der Waals surface area contributed by atoms with E-state index < -0.39 is 64.4 Å². The molecule has 2 unspecified atom stereocenters. The standard InChI is InChI=1S/C33H38N4O8/c1-32(2,3)35-14-22(39)36-17-8-6-15(7-9-17)18-10-11-21(38)24-19(18)12-16-13-20-26(37(4)5)28(41)25(31(34)44)30(43)33(20,45)29(42)23(16)27(24)40/h6-11,16,20,23,25-26,35,38,45H,12-14H2,1-5H3,(H2,34,44)(H,36,39)/t16-,20-,23?,25?,26-,33-/m0/s1. The maximum Gasteiger partial charge on any atom is 0.238 e. The van der Waals surface area contributed by atoms with Gasteiger partial charge in [0, 0.05) is 17.1 Å². The van der Waals surface area contributed by atoms with E-state index in [1.807, 2.05) is 20.8 Å². The Hall–Kier alpha value is -4.26. The molecule has 12 nitrogen and oxygen atoms in total. The predicted octanol–water partition coefficient (Wildman–Crippen LogP) is 0.861. The van der Waals surface area contributed by atoms with Gasteiger partial charge in [-0.1, -0.05) is 18.2 Å². The Morgan fingerprint density at radius 3 is 2.24 bits per heavy atom. The SMILES string of the molecule is CN(C)[C@@H]1C(=O)C(C(N)=O)C(=O)[C@@]2(O)C(=O)C3C(=O)c4c(O)ccc(-c5ccc(NC(=O)CNC(C)(C)C)cc5)c4C[C@H]3C[C@@H]12. The maximum atomic E-state index is 14.0. The van der Waals surface area contributed by atoms with Crippen molar-refractivity contribution in [2.75, 3.05) is 26.0 Å². The molecule has 0 spiro atoms. The summed E-state index contributed by atoms with van der Waals surface area (Å²) in [4.78, 5) is 80.6. The molecule has 3 aliphatic rings. The molecule has 45 heavy (non-hydrogen) atoms. The van der Waals surface area contributed by atoms with Gasteiger partial charge in [0.1, 0.15) is 5.75 Å². The molecule has 2 saturated carbocycles. The zero-order valence-corrected chi connectivity index (χ0v) is 25.8. The summed E-state index contributed by atoms with van der Waals surface area (Å²) in [6.07, 6.45) is 0.110. The highest BCUT2D eigenvalue weighted by atomic mass is 16.3. The summed E-state index contributed by atoms with van der Waals surface area (Å²) in [5, 5.41) is 28.5. The largest absolute Gasteiger partial charge is 0.507 e. The molecule has 6 N–H and O–H groups in total. The summed E-state index contributed by atoms with van der Waals surface area (Å²) in [5.74, 6) is -11.1. The summed E-state index contributed by atoms with van der Waals surface area (Å²) in [6, 6.07) is 8.82. The Bertz CT molecular complexity index is 1630. The number of rotatable bonds is 6. The van der Waals surface area contributed by atoms with E-state index >= 15 is 0 Å². The number of ketones is 4. The van der Waals surface area contributed by atoms with Gasteiger partial charge in [-0.3, -0.25) is 33.7 Å². The summed E-state index contributed by atoms with van der Waals surface area (Å²) < 4.78 is 0. The number of hydrogen-bond acceptors (Lipinski definition) is 10. The van der Waals surface area contributed by atoms with Gasteiger partial charge < -0.3 is 26.6 Å². The van der Waals surface area contributed by atoms with Crippen molar-refractivity contribution in [1.29, 1.82) is 0 Å². The number of phenolic OH excluding ortho intramolecular Hbond substituents is 1. The molecule has 0 bridgehead atoms. The van der Waals surface area contributed by atoms with Gasteiger partial charge in [0.15, 0.2) is 34.7 Å². The minimum atomic E-state index is -2.77. The molecule has 3 aliphatic carbocycles. The molecule has 12 heteroatoms. The van der Waals surface area contributed by atoms with E-state index in [2.05, 4.69) is 10.6 Å². The second kappa shape index (κ2) is 11.3. The second-order valence-electron chi connectivity index (χ2n) is 13.5. The van der Waals surface area contributed by atoms with Crippen molar-refractivity contribution < 1.29 is 39.0 Å². The van der Waals surface area contributed by atoms with E-state index in [9.17, 15) is 39.0 Å². The number of nitrogens with one attached hydrogen (secondary N) is 2. The van der Waals surface area contributed by atoms with Gasteiger partial charge in [0.25, 0.3) is 0 Å². The van der Waals surface area contributed by atoms with Crippen LogP contribution in [0.15, 0.2) is 36.4 Å². The van der Waals surface area contributed by atoms with Crippen LogP contribution in [0.4, 0.5) is 5.69 Å². The minimum Gasteiger partial charge on any atom is -0.507 e. The molecule has 0 heterocycles. The van der Waals surface area contributed by atoms with Crippen LogP contribution in [0.3, 0.4) is 0 Å². The molecule has 2 aromatic carbocycles. The molecule has 2 aromatic rings. The van der Waals surface area contributed by atoms with Gasteiger partial charge >= 0.3 is 0 Å². The van der Waals surface area contributed by atoms with E-state index in [0.717, 1.165) is 0 Å². The van der Waals surface area contributed by atoms with Crippen LogP contribution < -0.4 is 16.4 Å². The molecule has 2 fully saturated rings. The molecule has 0 saturated heterocycles. The number of benzene rings is 2. The van der Waals surface area contributed by atoms with Gasteiger partial charge in [-0.2, -0.15) is 0 Å². The van der Waals surface area contributed by atoms with Crippen LogP contribution >= 0.6 is 0 Å². The van der Waals surface area contributed by atoms with Crippen molar-refractivity contribution in [3.05, 3.63) is 47.5 Å². The zero-order valence-electron chi connectivity index (χ0n) is 25.8. The number of amides is 2. The number of phenols is 1. The first-order valence-electron chi connectivity index (χ1n) is 14.8. The number of carbonyl (C=O) groups is 6. The van der Waals surface area contributed by atoms with Crippen LogP contribution in [0.5, 0.6) is 5.75 Å². The maximum absolute atomic E-state index is 14.0. The van der Waals surface area contributed by atoms with Crippen LogP contribution in [0.25, 0.3) is 11.1 Å². The van der Waals surface area contributed by atoms with E-state index in [1.165, 1.54) is 25.1 Å². The zero-order chi connectivity index (χ0) is 33.2. The average molecular weight is 619 g/mol. The summed E-state index contributed by atoms with van der Waals surface area (Å²) in [5.41, 5.74) is 4.68. The summed E-state index contributed by atoms with van der Waals surface area (Å²) >= 11 is 0. The number of hydrogen-bond donors (Lipinski definition) is 5. The quantitative estimate of drug-likeness (QED) is 0.290. The third kappa shape index (κ3) is 5.36. The number of aromatic hydroxyl groups is 1. The molecule has 238 valence electrons. The van der Waals surface area contributed by atoms with E-state index in [4.69, 9.17) is 5.73 Å².